The standard InChI is InChI=1S/C21H21BrN2O4/c1-4-13(2)28-19-17(22)11-14(12-18(19)27-3)10-16-20(25)23-24(21(16)26)15-8-6-5-7-9-15/h5-13H,4H2,1-3H3,(H,23,25)/b16-10-/t13-/m0/s1. The van der Waals surface area contributed by atoms with Crippen molar-refractivity contribution in [2.75, 3.05) is 12.1 Å². The first kappa shape index (κ1) is 19.9. The third-order valence-electron chi connectivity index (χ3n) is 4.36. The summed E-state index contributed by atoms with van der Waals surface area (Å²) in [5.41, 5.74) is 3.88. The summed E-state index contributed by atoms with van der Waals surface area (Å²) in [6.07, 6.45) is 2.42. The van der Waals surface area contributed by atoms with Gasteiger partial charge in [-0.3, -0.25) is 15.0 Å². The number of carbonyl (C=O) groups excluding carboxylic acids is 2. The Kier molecular flexibility index (Phi) is 6.04. The quantitative estimate of drug-likeness (QED) is 0.537. The summed E-state index contributed by atoms with van der Waals surface area (Å²) in [4.78, 5) is 25.1. The molecular weight excluding hydrogens is 424 g/mol. The Bertz CT molecular complexity index is 928. The first-order chi connectivity index (χ1) is 13.4. The minimum Gasteiger partial charge on any atom is -0.493 e. The van der Waals surface area contributed by atoms with Gasteiger partial charge in [0.05, 0.1) is 23.4 Å². The number of hydrazine groups is 1. The molecule has 28 heavy (non-hydrogen) atoms. The molecule has 1 saturated heterocycles. The van der Waals surface area contributed by atoms with E-state index >= 15 is 0 Å². The molecule has 1 heterocycles. The van der Waals surface area contributed by atoms with Crippen LogP contribution in [0.5, 0.6) is 11.5 Å². The second-order valence-electron chi connectivity index (χ2n) is 6.35. The van der Waals surface area contributed by atoms with Crippen molar-refractivity contribution in [3.05, 3.63) is 58.1 Å². The smallest absolute Gasteiger partial charge is 0.282 e. The van der Waals surface area contributed by atoms with Crippen molar-refractivity contribution in [3.8, 4) is 11.5 Å². The third-order valence-corrected chi connectivity index (χ3v) is 4.95. The van der Waals surface area contributed by atoms with Gasteiger partial charge in [0.2, 0.25) is 0 Å². The van der Waals surface area contributed by atoms with E-state index in [1.807, 2.05) is 19.9 Å². The number of nitrogens with one attached hydrogen (secondary N) is 1. The number of hydrogen-bond donors (Lipinski definition) is 1. The van der Waals surface area contributed by atoms with Gasteiger partial charge in [0.25, 0.3) is 11.8 Å². The molecule has 0 spiro atoms. The molecule has 1 fully saturated rings. The zero-order valence-corrected chi connectivity index (χ0v) is 17.4. The fraction of sp³-hybridized carbons (Fsp3) is 0.238. The molecule has 146 valence electrons. The van der Waals surface area contributed by atoms with E-state index in [2.05, 4.69) is 21.4 Å². The average Bonchev–Trinajstić information content (AvgIpc) is 2.98. The summed E-state index contributed by atoms with van der Waals surface area (Å²) < 4.78 is 12.0. The summed E-state index contributed by atoms with van der Waals surface area (Å²) in [6, 6.07) is 12.5. The second-order valence-corrected chi connectivity index (χ2v) is 7.20. The van der Waals surface area contributed by atoms with Crippen molar-refractivity contribution < 1.29 is 19.1 Å². The highest BCUT2D eigenvalue weighted by Gasteiger charge is 2.34. The van der Waals surface area contributed by atoms with Gasteiger partial charge in [-0.25, -0.2) is 5.01 Å². The second kappa shape index (κ2) is 8.48. The van der Waals surface area contributed by atoms with Gasteiger partial charge in [-0.05, 0) is 65.2 Å². The Morgan fingerprint density at radius 1 is 1.21 bits per heavy atom. The summed E-state index contributed by atoms with van der Waals surface area (Å²) >= 11 is 3.49. The number of anilines is 1. The number of nitrogens with zero attached hydrogens (tertiary/aromatic N) is 1. The zero-order chi connectivity index (χ0) is 20.3. The number of carbonyl (C=O) groups is 2. The number of ether oxygens (including phenoxy) is 2. The van der Waals surface area contributed by atoms with Crippen LogP contribution in [0, 0.1) is 0 Å². The van der Waals surface area contributed by atoms with Crippen LogP contribution in [-0.2, 0) is 9.59 Å². The van der Waals surface area contributed by atoms with Gasteiger partial charge in [0, 0.05) is 0 Å². The molecule has 1 aliphatic heterocycles. The van der Waals surface area contributed by atoms with E-state index in [1.165, 1.54) is 5.01 Å². The maximum absolute atomic E-state index is 12.7. The number of methoxy groups -OCH3 is 1. The Morgan fingerprint density at radius 2 is 1.93 bits per heavy atom. The Morgan fingerprint density at radius 3 is 2.57 bits per heavy atom. The largest absolute Gasteiger partial charge is 0.493 e. The molecule has 2 amide bonds. The van der Waals surface area contributed by atoms with E-state index in [0.29, 0.717) is 27.2 Å². The van der Waals surface area contributed by atoms with E-state index in [9.17, 15) is 9.59 Å². The summed E-state index contributed by atoms with van der Waals surface area (Å²) in [7, 11) is 1.55. The molecule has 2 aromatic rings. The van der Waals surface area contributed by atoms with E-state index in [4.69, 9.17) is 9.47 Å². The highest BCUT2D eigenvalue weighted by atomic mass is 79.9. The average molecular weight is 445 g/mol. The van der Waals surface area contributed by atoms with Crippen molar-refractivity contribution in [1.29, 1.82) is 0 Å². The van der Waals surface area contributed by atoms with Crippen molar-refractivity contribution in [2.45, 2.75) is 26.4 Å². The van der Waals surface area contributed by atoms with Crippen molar-refractivity contribution in [2.24, 2.45) is 0 Å². The number of rotatable bonds is 6. The van der Waals surface area contributed by atoms with Crippen LogP contribution in [0.15, 0.2) is 52.5 Å². The van der Waals surface area contributed by atoms with Crippen LogP contribution in [-0.4, -0.2) is 25.0 Å². The molecule has 0 saturated carbocycles. The molecule has 0 aliphatic carbocycles. The fourth-order valence-corrected chi connectivity index (χ4v) is 3.26. The first-order valence-electron chi connectivity index (χ1n) is 8.91. The molecule has 6 nitrogen and oxygen atoms in total. The van der Waals surface area contributed by atoms with Gasteiger partial charge in [-0.2, -0.15) is 0 Å². The number of halogens is 1. The van der Waals surface area contributed by atoms with E-state index in [-0.39, 0.29) is 11.7 Å². The van der Waals surface area contributed by atoms with Crippen LogP contribution >= 0.6 is 15.9 Å². The predicted octanol–water partition coefficient (Wildman–Crippen LogP) is 4.10. The molecule has 1 N–H and O–H groups in total. The molecule has 2 aromatic carbocycles. The van der Waals surface area contributed by atoms with Crippen LogP contribution in [0.2, 0.25) is 0 Å². The van der Waals surface area contributed by atoms with Gasteiger partial charge in [-0.1, -0.05) is 25.1 Å². The summed E-state index contributed by atoms with van der Waals surface area (Å²) in [5.74, 6) is 0.245. The van der Waals surface area contributed by atoms with Gasteiger partial charge < -0.3 is 9.47 Å². The molecule has 7 heteroatoms. The molecular formula is C21H21BrN2O4. The van der Waals surface area contributed by atoms with Crippen molar-refractivity contribution in [3.63, 3.8) is 0 Å². The lowest BCUT2D eigenvalue weighted by molar-refractivity contribution is -0.117. The number of benzene rings is 2. The number of para-hydroxylation sites is 1. The van der Waals surface area contributed by atoms with E-state index in [1.54, 1.807) is 49.6 Å². The number of amides is 2. The van der Waals surface area contributed by atoms with E-state index in [0.717, 1.165) is 6.42 Å². The molecule has 0 aromatic heterocycles. The van der Waals surface area contributed by atoms with Crippen LogP contribution in [0.25, 0.3) is 6.08 Å². The van der Waals surface area contributed by atoms with Crippen LogP contribution < -0.4 is 19.9 Å². The Hall–Kier alpha value is -2.80. The number of hydrogen-bond acceptors (Lipinski definition) is 4. The molecule has 1 atom stereocenters. The minimum absolute atomic E-state index is 0.0241. The monoisotopic (exact) mass is 444 g/mol. The lowest BCUT2D eigenvalue weighted by Crippen LogP contribution is -2.35. The SMILES string of the molecule is CC[C@H](C)Oc1c(Br)cc(/C=C2/C(=O)NN(c3ccccc3)C2=O)cc1OC. The van der Waals surface area contributed by atoms with Gasteiger partial charge >= 0.3 is 0 Å². The highest BCUT2D eigenvalue weighted by Crippen LogP contribution is 2.38. The topological polar surface area (TPSA) is 67.9 Å². The van der Waals surface area contributed by atoms with Crippen LogP contribution in [0.3, 0.4) is 0 Å². The maximum Gasteiger partial charge on any atom is 0.282 e. The summed E-state index contributed by atoms with van der Waals surface area (Å²) in [5, 5.41) is 1.24. The van der Waals surface area contributed by atoms with Gasteiger partial charge in [-0.15, -0.1) is 0 Å². The lowest BCUT2D eigenvalue weighted by Gasteiger charge is -2.17. The highest BCUT2D eigenvalue weighted by molar-refractivity contribution is 9.10. The first-order valence-corrected chi connectivity index (χ1v) is 9.70. The van der Waals surface area contributed by atoms with E-state index < -0.39 is 11.8 Å². The molecule has 3 rings (SSSR count). The molecule has 0 radical (unpaired) electrons. The van der Waals surface area contributed by atoms with Crippen LogP contribution in [0.4, 0.5) is 5.69 Å². The fourth-order valence-electron chi connectivity index (χ4n) is 2.70. The predicted molar refractivity (Wildman–Crippen MR) is 111 cm³/mol. The Balaban J connectivity index is 1.93. The minimum atomic E-state index is -0.455. The molecule has 1 aliphatic rings. The van der Waals surface area contributed by atoms with Crippen molar-refractivity contribution >= 4 is 39.5 Å². The van der Waals surface area contributed by atoms with Gasteiger partial charge in [0.15, 0.2) is 11.5 Å². The molecule has 0 unspecified atom stereocenters. The molecule has 0 bridgehead atoms. The summed E-state index contributed by atoms with van der Waals surface area (Å²) in [6.45, 7) is 4.01. The Labute approximate surface area is 172 Å². The van der Waals surface area contributed by atoms with Crippen molar-refractivity contribution in [1.82, 2.24) is 5.43 Å². The van der Waals surface area contributed by atoms with Crippen LogP contribution in [0.1, 0.15) is 25.8 Å². The maximum atomic E-state index is 12.7. The normalized spacial score (nSPS) is 16.3. The zero-order valence-electron chi connectivity index (χ0n) is 15.9. The lowest BCUT2D eigenvalue weighted by atomic mass is 10.1. The third kappa shape index (κ3) is 4.04. The van der Waals surface area contributed by atoms with Gasteiger partial charge in [0.1, 0.15) is 5.57 Å².